The highest BCUT2D eigenvalue weighted by molar-refractivity contribution is 7.14. The Kier molecular flexibility index (Phi) is 5.99. The Balaban J connectivity index is 0.00000196. The Morgan fingerprint density at radius 1 is 1.31 bits per heavy atom. The van der Waals surface area contributed by atoms with Crippen LogP contribution in [-0.4, -0.2) is 45.2 Å². The summed E-state index contributed by atoms with van der Waals surface area (Å²) in [5.41, 5.74) is 1.24. The number of halogens is 1. The van der Waals surface area contributed by atoms with Crippen LogP contribution in [-0.2, 0) is 19.5 Å². The van der Waals surface area contributed by atoms with Gasteiger partial charge >= 0.3 is 0 Å². The molecule has 2 aromatic rings. The van der Waals surface area contributed by atoms with Crippen LogP contribution in [0.25, 0.3) is 0 Å². The molecule has 0 aromatic carbocycles. The lowest BCUT2D eigenvalue weighted by molar-refractivity contribution is 0.0715. The monoisotopic (exact) mass is 395 g/mol. The van der Waals surface area contributed by atoms with Gasteiger partial charge in [0.25, 0.3) is 5.91 Å². The fourth-order valence-electron chi connectivity index (χ4n) is 3.89. The van der Waals surface area contributed by atoms with Crippen molar-refractivity contribution in [1.82, 2.24) is 25.0 Å². The summed E-state index contributed by atoms with van der Waals surface area (Å²) in [6.07, 6.45) is 2.95. The third-order valence-corrected chi connectivity index (χ3v) is 6.72. The number of aromatic nitrogens is 3. The maximum Gasteiger partial charge on any atom is 0.263 e. The van der Waals surface area contributed by atoms with E-state index < -0.39 is 0 Å². The van der Waals surface area contributed by atoms with Gasteiger partial charge in [-0.1, -0.05) is 6.92 Å². The Morgan fingerprint density at radius 3 is 2.77 bits per heavy atom. The van der Waals surface area contributed by atoms with Gasteiger partial charge in [-0.25, -0.2) is 0 Å². The van der Waals surface area contributed by atoms with Crippen LogP contribution in [0.1, 0.15) is 57.4 Å². The summed E-state index contributed by atoms with van der Waals surface area (Å²) < 4.78 is 2.27. The van der Waals surface area contributed by atoms with Crippen LogP contribution in [0.4, 0.5) is 0 Å². The van der Waals surface area contributed by atoms with E-state index >= 15 is 0 Å². The Bertz CT molecular complexity index is 779. The average molecular weight is 396 g/mol. The first-order chi connectivity index (χ1) is 12.2. The molecule has 8 heteroatoms. The van der Waals surface area contributed by atoms with Crippen LogP contribution in [0, 0.1) is 6.92 Å². The number of carbonyl (C=O) groups is 1. The maximum absolute atomic E-state index is 12.8. The van der Waals surface area contributed by atoms with Gasteiger partial charge in [-0.2, -0.15) is 0 Å². The van der Waals surface area contributed by atoms with Gasteiger partial charge in [0, 0.05) is 37.0 Å². The molecule has 0 saturated carbocycles. The molecular formula is C18H26ClN5OS. The number of likely N-dealkylation sites (tertiary alicyclic amines) is 1. The van der Waals surface area contributed by atoms with Crippen LogP contribution in [0.15, 0.2) is 6.07 Å². The fraction of sp³-hybridized carbons (Fsp3) is 0.611. The average Bonchev–Trinajstić information content (AvgIpc) is 3.24. The van der Waals surface area contributed by atoms with Crippen LogP contribution >= 0.6 is 23.7 Å². The number of hydrogen-bond acceptors (Lipinski definition) is 5. The van der Waals surface area contributed by atoms with Gasteiger partial charge in [-0.05, 0) is 37.8 Å². The standard InChI is InChI=1S/C18H25N5OS.ClH/c1-3-14-12(2)10-15(25-14)18(24)22-7-4-13(5-8-22)17-21-20-16-11-19-6-9-23(16)17;/h10,13,19H,3-9,11H2,1-2H3;1H. The number of nitrogens with one attached hydrogen (secondary N) is 1. The van der Waals surface area contributed by atoms with Crippen molar-refractivity contribution in [1.29, 1.82) is 0 Å². The Labute approximate surface area is 164 Å². The van der Waals surface area contributed by atoms with E-state index in [4.69, 9.17) is 0 Å². The van der Waals surface area contributed by atoms with E-state index in [1.165, 1.54) is 10.4 Å². The summed E-state index contributed by atoms with van der Waals surface area (Å²) in [5.74, 6) is 2.77. The summed E-state index contributed by atoms with van der Waals surface area (Å²) in [6, 6.07) is 2.06. The molecule has 4 heterocycles. The molecule has 0 atom stereocenters. The maximum atomic E-state index is 12.8. The van der Waals surface area contributed by atoms with Gasteiger partial charge in [-0.3, -0.25) is 4.79 Å². The third kappa shape index (κ3) is 3.52. The first-order valence-corrected chi connectivity index (χ1v) is 10.00. The molecule has 2 aromatic heterocycles. The van der Waals surface area contributed by atoms with E-state index in [2.05, 4.69) is 40.0 Å². The number of amides is 1. The van der Waals surface area contributed by atoms with Crippen molar-refractivity contribution in [2.75, 3.05) is 19.6 Å². The third-order valence-electron chi connectivity index (χ3n) is 5.35. The van der Waals surface area contributed by atoms with Crippen LogP contribution in [0.3, 0.4) is 0 Å². The number of fused-ring (bicyclic) bond motifs is 1. The molecule has 1 amide bonds. The predicted octanol–water partition coefficient (Wildman–Crippen LogP) is 2.76. The highest BCUT2D eigenvalue weighted by atomic mass is 35.5. The molecule has 4 rings (SSSR count). The molecule has 0 radical (unpaired) electrons. The van der Waals surface area contributed by atoms with E-state index in [-0.39, 0.29) is 18.3 Å². The topological polar surface area (TPSA) is 63.1 Å². The summed E-state index contributed by atoms with van der Waals surface area (Å²) >= 11 is 1.65. The minimum Gasteiger partial charge on any atom is -0.338 e. The lowest BCUT2D eigenvalue weighted by Crippen LogP contribution is -2.38. The number of carbonyl (C=O) groups excluding carboxylic acids is 1. The molecule has 0 spiro atoms. The zero-order valence-electron chi connectivity index (χ0n) is 15.3. The second-order valence-electron chi connectivity index (χ2n) is 6.94. The summed E-state index contributed by atoms with van der Waals surface area (Å²) in [6.45, 7) is 8.60. The Hall–Kier alpha value is -1.44. The van der Waals surface area contributed by atoms with Gasteiger partial charge in [0.15, 0.2) is 0 Å². The van der Waals surface area contributed by atoms with Gasteiger partial charge in [0.2, 0.25) is 0 Å². The van der Waals surface area contributed by atoms with Crippen LogP contribution in [0.5, 0.6) is 0 Å². The predicted molar refractivity (Wildman–Crippen MR) is 105 cm³/mol. The lowest BCUT2D eigenvalue weighted by Gasteiger charge is -2.31. The summed E-state index contributed by atoms with van der Waals surface area (Å²) in [7, 11) is 0. The highest BCUT2D eigenvalue weighted by Gasteiger charge is 2.29. The summed E-state index contributed by atoms with van der Waals surface area (Å²) in [5, 5.41) is 12.1. The molecule has 26 heavy (non-hydrogen) atoms. The molecule has 1 N–H and O–H groups in total. The number of rotatable bonds is 3. The second-order valence-corrected chi connectivity index (χ2v) is 8.08. The first-order valence-electron chi connectivity index (χ1n) is 9.18. The van der Waals surface area contributed by atoms with Gasteiger partial charge in [-0.15, -0.1) is 33.9 Å². The minimum absolute atomic E-state index is 0. The quantitative estimate of drug-likeness (QED) is 0.867. The van der Waals surface area contributed by atoms with Crippen molar-refractivity contribution < 1.29 is 4.79 Å². The normalized spacial score (nSPS) is 17.7. The SMILES string of the molecule is CCc1sc(C(=O)N2CCC(c3nnc4n3CCNC4)CC2)cc1C.Cl. The molecule has 0 unspecified atom stereocenters. The molecule has 0 aliphatic carbocycles. The van der Waals surface area contributed by atoms with E-state index in [0.717, 1.165) is 68.5 Å². The van der Waals surface area contributed by atoms with E-state index in [1.807, 2.05) is 4.90 Å². The van der Waals surface area contributed by atoms with Crippen molar-refractivity contribution in [2.45, 2.75) is 52.1 Å². The number of piperidine rings is 1. The zero-order chi connectivity index (χ0) is 17.4. The highest BCUT2D eigenvalue weighted by Crippen LogP contribution is 2.30. The van der Waals surface area contributed by atoms with Crippen molar-refractivity contribution in [3.8, 4) is 0 Å². The van der Waals surface area contributed by atoms with E-state index in [1.54, 1.807) is 11.3 Å². The second kappa shape index (κ2) is 8.06. The molecule has 2 aliphatic rings. The molecular weight excluding hydrogens is 370 g/mol. The minimum atomic E-state index is 0. The molecule has 0 bridgehead atoms. The first kappa shape index (κ1) is 19.3. The van der Waals surface area contributed by atoms with Gasteiger partial charge in [0.05, 0.1) is 11.4 Å². The molecule has 1 fully saturated rings. The molecule has 1 saturated heterocycles. The van der Waals surface area contributed by atoms with E-state index in [9.17, 15) is 4.79 Å². The number of nitrogens with zero attached hydrogens (tertiary/aromatic N) is 4. The van der Waals surface area contributed by atoms with Crippen molar-refractivity contribution in [2.24, 2.45) is 0 Å². The number of hydrogen-bond donors (Lipinski definition) is 1. The summed E-state index contributed by atoms with van der Waals surface area (Å²) in [4.78, 5) is 17.0. The van der Waals surface area contributed by atoms with Crippen molar-refractivity contribution in [3.63, 3.8) is 0 Å². The largest absolute Gasteiger partial charge is 0.338 e. The van der Waals surface area contributed by atoms with Crippen molar-refractivity contribution >= 4 is 29.7 Å². The van der Waals surface area contributed by atoms with Crippen LogP contribution in [0.2, 0.25) is 0 Å². The smallest absolute Gasteiger partial charge is 0.263 e. The lowest BCUT2D eigenvalue weighted by atomic mass is 9.95. The number of aryl methyl sites for hydroxylation is 2. The van der Waals surface area contributed by atoms with Crippen molar-refractivity contribution in [3.05, 3.63) is 33.0 Å². The zero-order valence-corrected chi connectivity index (χ0v) is 17.0. The van der Waals surface area contributed by atoms with Gasteiger partial charge < -0.3 is 14.8 Å². The molecule has 6 nitrogen and oxygen atoms in total. The molecule has 142 valence electrons. The molecule has 2 aliphatic heterocycles. The van der Waals surface area contributed by atoms with Gasteiger partial charge in [0.1, 0.15) is 11.6 Å². The number of thiophene rings is 1. The van der Waals surface area contributed by atoms with Crippen LogP contribution < -0.4 is 5.32 Å². The fourth-order valence-corrected chi connectivity index (χ4v) is 4.97. The van der Waals surface area contributed by atoms with E-state index in [0.29, 0.717) is 5.92 Å². The Morgan fingerprint density at radius 2 is 2.08 bits per heavy atom.